The largest absolute Gasteiger partial charge is 0.463 e. The molecule has 0 amide bonds. The standard InChI is InChI=1S/C12H8ClF3O4/c1-20-11(19)10(18)5-9(17)6-2-3-8(13)7(4-6)12(14,15)16/h2-4H,5H2,1H3. The molecule has 0 bridgehead atoms. The minimum absolute atomic E-state index is 0.362. The maximum atomic E-state index is 12.6. The van der Waals surface area contributed by atoms with Crippen LogP contribution in [0.15, 0.2) is 18.2 Å². The fourth-order valence-corrected chi connectivity index (χ4v) is 1.57. The first-order valence-electron chi connectivity index (χ1n) is 5.18. The van der Waals surface area contributed by atoms with Gasteiger partial charge in [0.1, 0.15) is 0 Å². The van der Waals surface area contributed by atoms with Crippen LogP contribution >= 0.6 is 11.6 Å². The number of carbonyl (C=O) groups is 3. The average molecular weight is 309 g/mol. The van der Waals surface area contributed by atoms with Crippen LogP contribution < -0.4 is 0 Å². The second-order valence-corrected chi connectivity index (χ2v) is 4.11. The van der Waals surface area contributed by atoms with Gasteiger partial charge in [-0.2, -0.15) is 13.2 Å². The minimum atomic E-state index is -4.72. The van der Waals surface area contributed by atoms with E-state index in [-0.39, 0.29) is 5.56 Å². The maximum absolute atomic E-state index is 12.6. The van der Waals surface area contributed by atoms with Crippen LogP contribution in [0.3, 0.4) is 0 Å². The molecule has 0 unspecified atom stereocenters. The highest BCUT2D eigenvalue weighted by molar-refractivity contribution is 6.38. The zero-order valence-electron chi connectivity index (χ0n) is 10.1. The Morgan fingerprint density at radius 3 is 2.35 bits per heavy atom. The van der Waals surface area contributed by atoms with Gasteiger partial charge in [0.25, 0.3) is 0 Å². The van der Waals surface area contributed by atoms with E-state index in [9.17, 15) is 27.6 Å². The normalized spacial score (nSPS) is 11.1. The third-order valence-corrected chi connectivity index (χ3v) is 2.66. The van der Waals surface area contributed by atoms with Crippen molar-refractivity contribution in [3.63, 3.8) is 0 Å². The molecule has 0 fully saturated rings. The Labute approximate surface area is 116 Å². The summed E-state index contributed by atoms with van der Waals surface area (Å²) in [6.45, 7) is 0. The van der Waals surface area contributed by atoms with Crippen LogP contribution in [-0.4, -0.2) is 24.6 Å². The Morgan fingerprint density at radius 1 is 1.25 bits per heavy atom. The van der Waals surface area contributed by atoms with Crippen molar-refractivity contribution in [3.8, 4) is 0 Å². The highest BCUT2D eigenvalue weighted by atomic mass is 35.5. The molecular formula is C12H8ClF3O4. The molecule has 0 spiro atoms. The molecule has 0 aromatic heterocycles. The van der Waals surface area contributed by atoms with Crippen LogP contribution in [0.2, 0.25) is 5.02 Å². The van der Waals surface area contributed by atoms with Gasteiger partial charge >= 0.3 is 12.1 Å². The number of esters is 1. The molecule has 1 aromatic carbocycles. The van der Waals surface area contributed by atoms with Crippen molar-refractivity contribution in [1.29, 1.82) is 0 Å². The second kappa shape index (κ2) is 6.04. The molecule has 108 valence electrons. The van der Waals surface area contributed by atoms with Crippen LogP contribution in [-0.2, 0) is 20.5 Å². The molecule has 0 N–H and O–H groups in total. The lowest BCUT2D eigenvalue weighted by Crippen LogP contribution is -2.19. The summed E-state index contributed by atoms with van der Waals surface area (Å²) in [7, 11) is 0.953. The molecule has 0 heterocycles. The Bertz CT molecular complexity index is 566. The smallest absolute Gasteiger partial charge is 0.417 e. The van der Waals surface area contributed by atoms with Gasteiger partial charge in [0, 0.05) is 5.56 Å². The number of rotatable bonds is 4. The molecule has 0 saturated carbocycles. The topological polar surface area (TPSA) is 60.4 Å². The summed E-state index contributed by atoms with van der Waals surface area (Å²) in [5.74, 6) is -3.30. The van der Waals surface area contributed by atoms with Gasteiger partial charge in [0.15, 0.2) is 5.78 Å². The van der Waals surface area contributed by atoms with Crippen molar-refractivity contribution >= 4 is 29.1 Å². The van der Waals surface area contributed by atoms with E-state index in [2.05, 4.69) is 4.74 Å². The van der Waals surface area contributed by atoms with E-state index < -0.39 is 40.7 Å². The van der Waals surface area contributed by atoms with Crippen molar-refractivity contribution in [2.75, 3.05) is 7.11 Å². The highest BCUT2D eigenvalue weighted by Gasteiger charge is 2.34. The molecule has 0 radical (unpaired) electrons. The van der Waals surface area contributed by atoms with Crippen LogP contribution in [0.5, 0.6) is 0 Å². The molecule has 0 aliphatic rings. The lowest BCUT2D eigenvalue weighted by molar-refractivity contribution is -0.151. The van der Waals surface area contributed by atoms with E-state index in [1.165, 1.54) is 0 Å². The van der Waals surface area contributed by atoms with Crippen molar-refractivity contribution in [3.05, 3.63) is 34.3 Å². The Kier molecular flexibility index (Phi) is 4.88. The average Bonchev–Trinajstić information content (AvgIpc) is 2.36. The molecule has 20 heavy (non-hydrogen) atoms. The SMILES string of the molecule is COC(=O)C(=O)CC(=O)c1ccc(Cl)c(C(F)(F)F)c1. The number of carbonyl (C=O) groups excluding carboxylic acids is 3. The lowest BCUT2D eigenvalue weighted by Gasteiger charge is -2.10. The molecule has 0 saturated heterocycles. The number of hydrogen-bond donors (Lipinski definition) is 0. The number of alkyl halides is 3. The Morgan fingerprint density at radius 2 is 1.85 bits per heavy atom. The number of benzene rings is 1. The molecule has 0 atom stereocenters. The Balaban J connectivity index is 3.01. The van der Waals surface area contributed by atoms with Crippen LogP contribution in [0.1, 0.15) is 22.3 Å². The summed E-state index contributed by atoms with van der Waals surface area (Å²) < 4.78 is 41.9. The molecule has 4 nitrogen and oxygen atoms in total. The van der Waals surface area contributed by atoms with Crippen molar-refractivity contribution in [2.24, 2.45) is 0 Å². The predicted octanol–water partition coefficient (Wildman–Crippen LogP) is 2.67. The van der Waals surface area contributed by atoms with E-state index in [4.69, 9.17) is 11.6 Å². The Hall–Kier alpha value is -1.89. The van der Waals surface area contributed by atoms with Gasteiger partial charge in [0.05, 0.1) is 24.1 Å². The van der Waals surface area contributed by atoms with E-state index in [0.29, 0.717) is 6.07 Å². The van der Waals surface area contributed by atoms with E-state index in [1.54, 1.807) is 0 Å². The lowest BCUT2D eigenvalue weighted by atomic mass is 10.0. The number of halogens is 4. The highest BCUT2D eigenvalue weighted by Crippen LogP contribution is 2.35. The zero-order chi connectivity index (χ0) is 15.5. The summed E-state index contributed by atoms with van der Waals surface area (Å²) in [6.07, 6.45) is -5.59. The van der Waals surface area contributed by atoms with Crippen molar-refractivity contribution < 1.29 is 32.3 Å². The molecular weight excluding hydrogens is 301 g/mol. The number of ketones is 2. The number of methoxy groups -OCH3 is 1. The third kappa shape index (κ3) is 3.80. The maximum Gasteiger partial charge on any atom is 0.417 e. The van der Waals surface area contributed by atoms with Gasteiger partial charge in [0.2, 0.25) is 5.78 Å². The monoisotopic (exact) mass is 308 g/mol. The van der Waals surface area contributed by atoms with E-state index >= 15 is 0 Å². The number of ether oxygens (including phenoxy) is 1. The molecule has 1 rings (SSSR count). The third-order valence-electron chi connectivity index (χ3n) is 2.33. The molecule has 8 heteroatoms. The van der Waals surface area contributed by atoms with Gasteiger partial charge in [-0.1, -0.05) is 11.6 Å². The summed E-state index contributed by atoms with van der Waals surface area (Å²) in [6, 6.07) is 2.49. The summed E-state index contributed by atoms with van der Waals surface area (Å²) in [5, 5.41) is -0.562. The van der Waals surface area contributed by atoms with Crippen molar-refractivity contribution in [2.45, 2.75) is 12.6 Å². The van der Waals surface area contributed by atoms with Gasteiger partial charge in [-0.15, -0.1) is 0 Å². The summed E-state index contributed by atoms with van der Waals surface area (Å²) in [5.41, 5.74) is -1.55. The van der Waals surface area contributed by atoms with Gasteiger partial charge < -0.3 is 4.74 Å². The van der Waals surface area contributed by atoms with Gasteiger partial charge in [-0.05, 0) is 18.2 Å². The molecule has 1 aromatic rings. The van der Waals surface area contributed by atoms with E-state index in [0.717, 1.165) is 19.2 Å². The summed E-state index contributed by atoms with van der Waals surface area (Å²) >= 11 is 5.39. The summed E-state index contributed by atoms with van der Waals surface area (Å²) in [4.78, 5) is 33.6. The quantitative estimate of drug-likeness (QED) is 0.371. The fraction of sp³-hybridized carbons (Fsp3) is 0.250. The number of Topliss-reactive ketones (excluding diaryl/α,β-unsaturated/α-hetero) is 2. The first-order valence-corrected chi connectivity index (χ1v) is 5.55. The first-order chi connectivity index (χ1) is 9.16. The van der Waals surface area contributed by atoms with E-state index in [1.807, 2.05) is 0 Å². The van der Waals surface area contributed by atoms with Gasteiger partial charge in [-0.25, -0.2) is 4.79 Å². The van der Waals surface area contributed by atoms with Crippen molar-refractivity contribution in [1.82, 2.24) is 0 Å². The first kappa shape index (κ1) is 16.2. The second-order valence-electron chi connectivity index (χ2n) is 3.71. The van der Waals surface area contributed by atoms with Gasteiger partial charge in [-0.3, -0.25) is 9.59 Å². The molecule has 0 aliphatic heterocycles. The van der Waals surface area contributed by atoms with Crippen LogP contribution in [0.25, 0.3) is 0 Å². The predicted molar refractivity (Wildman–Crippen MR) is 62.4 cm³/mol. The van der Waals surface area contributed by atoms with Crippen LogP contribution in [0, 0.1) is 0 Å². The zero-order valence-corrected chi connectivity index (χ0v) is 10.8. The fourth-order valence-electron chi connectivity index (χ4n) is 1.35. The molecule has 0 aliphatic carbocycles. The number of hydrogen-bond acceptors (Lipinski definition) is 4. The minimum Gasteiger partial charge on any atom is -0.463 e. The van der Waals surface area contributed by atoms with Crippen LogP contribution in [0.4, 0.5) is 13.2 Å².